The van der Waals surface area contributed by atoms with Crippen molar-refractivity contribution in [2.75, 3.05) is 5.32 Å². The molecule has 0 aliphatic carbocycles. The molecule has 0 spiro atoms. The van der Waals surface area contributed by atoms with Gasteiger partial charge in [0.2, 0.25) is 3.79 Å². The van der Waals surface area contributed by atoms with Crippen molar-refractivity contribution in [1.29, 1.82) is 0 Å². The number of benzene rings is 1. The highest BCUT2D eigenvalue weighted by Crippen LogP contribution is 2.32. The molecule has 1 aromatic heterocycles. The van der Waals surface area contributed by atoms with E-state index < -0.39 is 15.9 Å². The van der Waals surface area contributed by atoms with E-state index >= 15 is 0 Å². The summed E-state index contributed by atoms with van der Waals surface area (Å²) in [6.07, 6.45) is 0.479. The maximum atomic E-state index is 12.1. The Morgan fingerprint density at radius 1 is 1.23 bits per heavy atom. The fraction of sp³-hybridized carbons (Fsp3) is 0.267. The Balaban J connectivity index is 2.20. The molecule has 1 heterocycles. The predicted octanol–water partition coefficient (Wildman–Crippen LogP) is 4.43. The van der Waals surface area contributed by atoms with Crippen molar-refractivity contribution in [1.82, 2.24) is 5.32 Å². The van der Waals surface area contributed by atoms with Crippen LogP contribution in [0.4, 0.5) is 5.69 Å². The summed E-state index contributed by atoms with van der Waals surface area (Å²) in [6.45, 7) is 3.88. The normalized spacial score (nSPS) is 12.8. The summed E-state index contributed by atoms with van der Waals surface area (Å²) < 4.78 is 3.30. The van der Waals surface area contributed by atoms with Crippen LogP contribution >= 0.6 is 34.8 Å². The first kappa shape index (κ1) is 17.0. The molecule has 1 unspecified atom stereocenters. The minimum absolute atomic E-state index is 0.141. The molecular formula is C15H15Cl3N2O2. The molecule has 1 amide bonds. The Labute approximate surface area is 143 Å². The fourth-order valence-corrected chi connectivity index (χ4v) is 2.18. The van der Waals surface area contributed by atoms with E-state index in [-0.39, 0.29) is 5.76 Å². The quantitative estimate of drug-likeness (QED) is 0.625. The van der Waals surface area contributed by atoms with Crippen LogP contribution in [0.2, 0.25) is 0 Å². The van der Waals surface area contributed by atoms with Crippen LogP contribution in [0, 0.1) is 13.8 Å². The maximum Gasteiger partial charge on any atom is 0.288 e. The average Bonchev–Trinajstić information content (AvgIpc) is 2.95. The molecule has 0 fully saturated rings. The first-order chi connectivity index (χ1) is 10.3. The van der Waals surface area contributed by atoms with E-state index in [1.165, 1.54) is 12.3 Å². The summed E-state index contributed by atoms with van der Waals surface area (Å²) in [6, 6.07) is 8.98. The third-order valence-corrected chi connectivity index (χ3v) is 3.70. The van der Waals surface area contributed by atoms with Gasteiger partial charge in [-0.15, -0.1) is 0 Å². The molecule has 2 aromatic rings. The van der Waals surface area contributed by atoms with E-state index in [1.807, 2.05) is 32.0 Å². The molecule has 2 N–H and O–H groups in total. The standard InChI is InChI=1S/C15H15Cl3N2O2/c1-9-5-6-10(2)11(8-9)19-14(15(16,17)18)20-13(21)12-4-3-7-22-12/h3-8,14,19H,1-2H3,(H,20,21). The first-order valence-corrected chi connectivity index (χ1v) is 7.65. The van der Waals surface area contributed by atoms with Crippen molar-refractivity contribution in [2.24, 2.45) is 0 Å². The molecule has 0 bridgehead atoms. The highest BCUT2D eigenvalue weighted by atomic mass is 35.6. The van der Waals surface area contributed by atoms with Crippen LogP contribution in [0.25, 0.3) is 0 Å². The van der Waals surface area contributed by atoms with Crippen molar-refractivity contribution < 1.29 is 9.21 Å². The topological polar surface area (TPSA) is 54.3 Å². The van der Waals surface area contributed by atoms with E-state index in [0.29, 0.717) is 0 Å². The lowest BCUT2D eigenvalue weighted by Crippen LogP contribution is -2.49. The number of amides is 1. The molecular weight excluding hydrogens is 347 g/mol. The summed E-state index contributed by atoms with van der Waals surface area (Å²) in [5.41, 5.74) is 2.79. The van der Waals surface area contributed by atoms with Gasteiger partial charge in [-0.1, -0.05) is 46.9 Å². The van der Waals surface area contributed by atoms with Crippen molar-refractivity contribution in [3.8, 4) is 0 Å². The fourth-order valence-electron chi connectivity index (χ4n) is 1.86. The molecule has 0 radical (unpaired) electrons. The summed E-state index contributed by atoms with van der Waals surface area (Å²) in [5.74, 6) is -0.332. The lowest BCUT2D eigenvalue weighted by molar-refractivity contribution is 0.0914. The number of carbonyl (C=O) groups excluding carboxylic acids is 1. The molecule has 1 atom stereocenters. The van der Waals surface area contributed by atoms with Crippen LogP contribution in [0.15, 0.2) is 41.0 Å². The lowest BCUT2D eigenvalue weighted by Gasteiger charge is -2.28. The maximum absolute atomic E-state index is 12.1. The molecule has 1 aromatic carbocycles. The molecule has 7 heteroatoms. The molecule has 0 saturated heterocycles. The van der Waals surface area contributed by atoms with Crippen molar-refractivity contribution in [2.45, 2.75) is 23.8 Å². The Kier molecular flexibility index (Phi) is 5.27. The van der Waals surface area contributed by atoms with Gasteiger partial charge in [0.05, 0.1) is 6.26 Å². The van der Waals surface area contributed by atoms with Gasteiger partial charge in [0.25, 0.3) is 5.91 Å². The number of hydrogen-bond donors (Lipinski definition) is 2. The predicted molar refractivity (Wildman–Crippen MR) is 89.8 cm³/mol. The van der Waals surface area contributed by atoms with Gasteiger partial charge in [0.15, 0.2) is 5.76 Å². The number of anilines is 1. The van der Waals surface area contributed by atoms with Gasteiger partial charge in [-0.2, -0.15) is 0 Å². The second kappa shape index (κ2) is 6.82. The van der Waals surface area contributed by atoms with Gasteiger partial charge in [-0.3, -0.25) is 4.79 Å². The van der Waals surface area contributed by atoms with E-state index in [4.69, 9.17) is 39.2 Å². The molecule has 0 saturated carbocycles. The summed E-state index contributed by atoms with van der Waals surface area (Å²) in [7, 11) is 0. The second-order valence-corrected chi connectivity index (χ2v) is 7.26. The van der Waals surface area contributed by atoms with Gasteiger partial charge >= 0.3 is 0 Å². The van der Waals surface area contributed by atoms with E-state index in [1.54, 1.807) is 6.07 Å². The monoisotopic (exact) mass is 360 g/mol. The summed E-state index contributed by atoms with van der Waals surface area (Å²) in [4.78, 5) is 12.1. The molecule has 118 valence electrons. The van der Waals surface area contributed by atoms with E-state index in [9.17, 15) is 4.79 Å². The van der Waals surface area contributed by atoms with Crippen molar-refractivity contribution in [3.05, 3.63) is 53.5 Å². The highest BCUT2D eigenvalue weighted by molar-refractivity contribution is 6.68. The Morgan fingerprint density at radius 3 is 2.55 bits per heavy atom. The lowest BCUT2D eigenvalue weighted by atomic mass is 10.1. The largest absolute Gasteiger partial charge is 0.459 e. The smallest absolute Gasteiger partial charge is 0.288 e. The zero-order chi connectivity index (χ0) is 16.3. The second-order valence-electron chi connectivity index (χ2n) is 4.89. The zero-order valence-electron chi connectivity index (χ0n) is 12.0. The molecule has 0 aliphatic heterocycles. The van der Waals surface area contributed by atoms with Gasteiger partial charge in [-0.05, 0) is 43.2 Å². The van der Waals surface area contributed by atoms with Crippen molar-refractivity contribution in [3.63, 3.8) is 0 Å². The van der Waals surface area contributed by atoms with Crippen LogP contribution in [0.3, 0.4) is 0 Å². The third-order valence-electron chi connectivity index (χ3n) is 3.04. The Morgan fingerprint density at radius 2 is 1.95 bits per heavy atom. The number of rotatable bonds is 4. The Hall–Kier alpha value is -1.36. The number of hydrogen-bond acceptors (Lipinski definition) is 3. The first-order valence-electron chi connectivity index (χ1n) is 6.52. The number of aryl methyl sites for hydroxylation is 2. The summed E-state index contributed by atoms with van der Waals surface area (Å²) in [5, 5.41) is 5.67. The SMILES string of the molecule is Cc1ccc(C)c(NC(NC(=O)c2ccco2)C(Cl)(Cl)Cl)c1. The minimum atomic E-state index is -1.74. The molecule has 0 aliphatic rings. The van der Waals surface area contributed by atoms with Gasteiger partial charge in [-0.25, -0.2) is 0 Å². The average molecular weight is 362 g/mol. The van der Waals surface area contributed by atoms with Crippen LogP contribution in [-0.4, -0.2) is 15.9 Å². The molecule has 2 rings (SSSR count). The van der Waals surface area contributed by atoms with Crippen LogP contribution in [-0.2, 0) is 0 Å². The minimum Gasteiger partial charge on any atom is -0.459 e. The van der Waals surface area contributed by atoms with Gasteiger partial charge in [0.1, 0.15) is 6.17 Å². The highest BCUT2D eigenvalue weighted by Gasteiger charge is 2.35. The number of nitrogens with one attached hydrogen (secondary N) is 2. The number of halogens is 3. The van der Waals surface area contributed by atoms with E-state index in [0.717, 1.165) is 16.8 Å². The van der Waals surface area contributed by atoms with E-state index in [2.05, 4.69) is 10.6 Å². The van der Waals surface area contributed by atoms with Crippen LogP contribution in [0.5, 0.6) is 0 Å². The molecule has 4 nitrogen and oxygen atoms in total. The van der Waals surface area contributed by atoms with Gasteiger partial charge in [0, 0.05) is 5.69 Å². The summed E-state index contributed by atoms with van der Waals surface area (Å²) >= 11 is 17.9. The van der Waals surface area contributed by atoms with Crippen LogP contribution in [0.1, 0.15) is 21.7 Å². The third kappa shape index (κ3) is 4.32. The van der Waals surface area contributed by atoms with Crippen LogP contribution < -0.4 is 10.6 Å². The number of alkyl halides is 3. The number of furan rings is 1. The molecule has 22 heavy (non-hydrogen) atoms. The Bertz CT molecular complexity index is 651. The van der Waals surface area contributed by atoms with Crippen molar-refractivity contribution >= 4 is 46.4 Å². The number of carbonyl (C=O) groups is 1. The zero-order valence-corrected chi connectivity index (χ0v) is 14.3. The van der Waals surface area contributed by atoms with Gasteiger partial charge < -0.3 is 15.1 Å².